The molecule has 4 aromatic carbocycles. The molecule has 0 bridgehead atoms. The molecule has 0 saturated carbocycles. The van der Waals surface area contributed by atoms with Gasteiger partial charge in [0.2, 0.25) is 0 Å². The molecule has 10 rings (SSSR count). The van der Waals surface area contributed by atoms with Crippen LogP contribution in [0.15, 0.2) is 188 Å². The van der Waals surface area contributed by atoms with Gasteiger partial charge in [0.15, 0.2) is 8.07 Å². The molecular formula is C60H66N2Si. The highest BCUT2D eigenvalue weighted by atomic mass is 28.3. The van der Waals surface area contributed by atoms with Crippen LogP contribution in [0.5, 0.6) is 0 Å². The lowest BCUT2D eigenvalue weighted by atomic mass is 9.83. The average Bonchev–Trinajstić information content (AvgIpc) is 3.79. The Morgan fingerprint density at radius 1 is 0.317 bits per heavy atom. The Hall–Kier alpha value is -5.38. The summed E-state index contributed by atoms with van der Waals surface area (Å²) < 4.78 is 0. The van der Waals surface area contributed by atoms with Crippen LogP contribution in [0.4, 0.5) is 11.4 Å². The fourth-order valence-electron chi connectivity index (χ4n) is 11.8. The van der Waals surface area contributed by atoms with E-state index in [2.05, 4.69) is 260 Å². The standard InChI is InChI=1S/C60H66N2Si/c1-58(2,3)41-26-32-46(33-27-41)63(47-34-28-42(29-35-47)59(4,5)6,48-36-30-43(31-37-48)60(7,8)9)49-39-44(61-54-22-14-10-18-50(54)51-19-11-15-23-55(51)61)38-45(40-49)62-56-24-16-12-20-52(56)53-21-13-17-25-57(53)62/h10-40,50-57H,1-9H3. The molecule has 2 nitrogen and oxygen atoms in total. The zero-order valence-corrected chi connectivity index (χ0v) is 39.9. The summed E-state index contributed by atoms with van der Waals surface area (Å²) in [6, 6.07) is 38.5. The Kier molecular flexibility index (Phi) is 10.2. The van der Waals surface area contributed by atoms with Crippen molar-refractivity contribution in [1.29, 1.82) is 0 Å². The minimum absolute atomic E-state index is 0.0397. The minimum atomic E-state index is -3.07. The van der Waals surface area contributed by atoms with Crippen molar-refractivity contribution in [1.82, 2.24) is 0 Å². The fourth-order valence-corrected chi connectivity index (χ4v) is 16.6. The van der Waals surface area contributed by atoms with E-state index in [-0.39, 0.29) is 40.4 Å². The number of hydrogen-bond acceptors (Lipinski definition) is 2. The van der Waals surface area contributed by atoms with Crippen molar-refractivity contribution >= 4 is 40.2 Å². The fraction of sp³-hybridized carbons (Fsp3) is 0.333. The number of benzene rings is 4. The number of anilines is 2. The first-order valence-corrected chi connectivity index (χ1v) is 25.6. The smallest absolute Gasteiger partial charge is 0.179 e. The number of nitrogens with zero attached hydrogens (tertiary/aromatic N) is 2. The van der Waals surface area contributed by atoms with Gasteiger partial charge in [0.1, 0.15) is 0 Å². The van der Waals surface area contributed by atoms with Crippen LogP contribution >= 0.6 is 0 Å². The third-order valence-corrected chi connectivity index (χ3v) is 20.0. The van der Waals surface area contributed by atoms with Crippen LogP contribution in [0.3, 0.4) is 0 Å². The molecule has 0 amide bonds. The van der Waals surface area contributed by atoms with Gasteiger partial charge < -0.3 is 9.80 Å². The van der Waals surface area contributed by atoms with Crippen LogP contribution < -0.4 is 30.5 Å². The number of allylic oxidation sites excluding steroid dienone is 8. The summed E-state index contributed by atoms with van der Waals surface area (Å²) in [4.78, 5) is 5.57. The average molecular weight is 843 g/mol. The summed E-state index contributed by atoms with van der Waals surface area (Å²) in [5, 5.41) is 5.69. The third-order valence-electron chi connectivity index (χ3n) is 15.2. The molecule has 0 N–H and O–H groups in total. The molecule has 2 saturated heterocycles. The maximum Gasteiger partial charge on any atom is 0.179 e. The highest BCUT2D eigenvalue weighted by Gasteiger charge is 2.50. The molecule has 8 atom stereocenters. The number of hydrogen-bond donors (Lipinski definition) is 0. The molecular weight excluding hydrogens is 777 g/mol. The Labute approximate surface area is 379 Å². The van der Waals surface area contributed by atoms with Crippen LogP contribution in [0, 0.1) is 23.7 Å². The Morgan fingerprint density at radius 2 is 0.571 bits per heavy atom. The van der Waals surface area contributed by atoms with Gasteiger partial charge in [-0.05, 0) is 71.9 Å². The zero-order chi connectivity index (χ0) is 43.9. The maximum absolute atomic E-state index is 3.07. The third kappa shape index (κ3) is 7.06. The van der Waals surface area contributed by atoms with E-state index in [1.807, 2.05) is 0 Å². The molecule has 4 aliphatic carbocycles. The topological polar surface area (TPSA) is 6.48 Å². The van der Waals surface area contributed by atoms with Crippen molar-refractivity contribution in [3.05, 3.63) is 205 Å². The van der Waals surface area contributed by atoms with Crippen LogP contribution in [0.2, 0.25) is 0 Å². The molecule has 6 aliphatic rings. The van der Waals surface area contributed by atoms with Gasteiger partial charge in [-0.3, -0.25) is 0 Å². The predicted octanol–water partition coefficient (Wildman–Crippen LogP) is 11.0. The van der Waals surface area contributed by atoms with E-state index in [0.717, 1.165) is 0 Å². The summed E-state index contributed by atoms with van der Waals surface area (Å²) in [5.74, 6) is 1.64. The molecule has 2 fully saturated rings. The van der Waals surface area contributed by atoms with Gasteiger partial charge in [0.25, 0.3) is 0 Å². The van der Waals surface area contributed by atoms with Crippen molar-refractivity contribution in [2.24, 2.45) is 23.7 Å². The lowest BCUT2D eigenvalue weighted by Gasteiger charge is -2.40. The van der Waals surface area contributed by atoms with Crippen molar-refractivity contribution in [2.75, 3.05) is 9.80 Å². The first kappa shape index (κ1) is 41.6. The molecule has 0 radical (unpaired) electrons. The molecule has 2 aliphatic heterocycles. The Morgan fingerprint density at radius 3 is 0.825 bits per heavy atom. The number of fused-ring (bicyclic) bond motifs is 6. The second-order valence-electron chi connectivity index (χ2n) is 22.1. The second kappa shape index (κ2) is 15.4. The van der Waals surface area contributed by atoms with Crippen molar-refractivity contribution in [2.45, 2.75) is 103 Å². The van der Waals surface area contributed by atoms with E-state index in [1.165, 1.54) is 48.8 Å². The quantitative estimate of drug-likeness (QED) is 0.141. The van der Waals surface area contributed by atoms with Gasteiger partial charge in [0, 0.05) is 35.0 Å². The Bertz CT molecular complexity index is 2310. The maximum atomic E-state index is 2.79. The summed E-state index contributed by atoms with van der Waals surface area (Å²) in [5.41, 5.74) is 6.84. The van der Waals surface area contributed by atoms with E-state index in [0.29, 0.717) is 23.7 Å². The van der Waals surface area contributed by atoms with Crippen LogP contribution in [-0.4, -0.2) is 32.2 Å². The second-order valence-corrected chi connectivity index (χ2v) is 25.9. The summed E-state index contributed by atoms with van der Waals surface area (Å²) in [7, 11) is -3.07. The van der Waals surface area contributed by atoms with Crippen LogP contribution in [0.1, 0.15) is 79.0 Å². The van der Waals surface area contributed by atoms with Gasteiger partial charge in [-0.1, -0.05) is 232 Å². The van der Waals surface area contributed by atoms with Gasteiger partial charge in [-0.15, -0.1) is 0 Å². The van der Waals surface area contributed by atoms with E-state index < -0.39 is 8.07 Å². The highest BCUT2D eigenvalue weighted by Crippen LogP contribution is 2.48. The van der Waals surface area contributed by atoms with E-state index in [4.69, 9.17) is 0 Å². The molecule has 8 unspecified atom stereocenters. The number of rotatable bonds is 6. The summed E-state index contributed by atoms with van der Waals surface area (Å²) >= 11 is 0. The predicted molar refractivity (Wildman–Crippen MR) is 273 cm³/mol. The van der Waals surface area contributed by atoms with Gasteiger partial charge in [-0.25, -0.2) is 0 Å². The van der Waals surface area contributed by atoms with Gasteiger partial charge >= 0.3 is 0 Å². The molecule has 4 aromatic rings. The Balaban J connectivity index is 1.30. The first-order valence-electron chi connectivity index (χ1n) is 23.6. The van der Waals surface area contributed by atoms with E-state index in [9.17, 15) is 0 Å². The van der Waals surface area contributed by atoms with Gasteiger partial charge in [0.05, 0.1) is 24.2 Å². The first-order chi connectivity index (χ1) is 30.1. The minimum Gasteiger partial charge on any atom is -0.357 e. The van der Waals surface area contributed by atoms with Crippen molar-refractivity contribution in [3.8, 4) is 0 Å². The lowest BCUT2D eigenvalue weighted by molar-refractivity contribution is 0.527. The van der Waals surface area contributed by atoms with Crippen molar-refractivity contribution in [3.63, 3.8) is 0 Å². The monoisotopic (exact) mass is 842 g/mol. The molecule has 3 heteroatoms. The van der Waals surface area contributed by atoms with Crippen LogP contribution in [-0.2, 0) is 16.2 Å². The summed E-state index contributed by atoms with van der Waals surface area (Å²) in [6.07, 6.45) is 37.9. The molecule has 63 heavy (non-hydrogen) atoms. The molecule has 0 spiro atoms. The molecule has 0 aromatic heterocycles. The van der Waals surface area contributed by atoms with Crippen molar-refractivity contribution < 1.29 is 0 Å². The lowest BCUT2D eigenvalue weighted by Crippen LogP contribution is -2.75. The van der Waals surface area contributed by atoms with E-state index in [1.54, 1.807) is 0 Å². The zero-order valence-electron chi connectivity index (χ0n) is 38.9. The molecule has 320 valence electrons. The SMILES string of the molecule is CC(C)(C)c1ccc([Si](c2ccc(C(C)(C)C)cc2)(c2ccc(C(C)(C)C)cc2)c2cc(N3C4C=CC=CC4C4C=CC=CC43)cc(N3C4C=CC=CC4C4C=CC=CC43)c2)cc1. The van der Waals surface area contributed by atoms with Crippen LogP contribution in [0.25, 0.3) is 0 Å². The normalized spacial score (nSPS) is 26.9. The summed E-state index contributed by atoms with van der Waals surface area (Å²) in [6.45, 7) is 21.0. The van der Waals surface area contributed by atoms with Gasteiger partial charge in [-0.2, -0.15) is 0 Å². The molecule has 2 heterocycles. The van der Waals surface area contributed by atoms with E-state index >= 15 is 0 Å². The largest absolute Gasteiger partial charge is 0.357 e. The highest BCUT2D eigenvalue weighted by molar-refractivity contribution is 7.20.